The molecule has 0 radical (unpaired) electrons. The maximum atomic E-state index is 11.2. The molecule has 6 rings (SSSR count). The lowest BCUT2D eigenvalue weighted by atomic mass is 9.84. The van der Waals surface area contributed by atoms with Crippen LogP contribution in [0.25, 0.3) is 0 Å². The number of alkyl halides is 3. The number of ether oxygens (including phenoxy) is 2. The Balaban J connectivity index is 0.000000279. The van der Waals surface area contributed by atoms with E-state index in [-0.39, 0.29) is 76.1 Å². The van der Waals surface area contributed by atoms with E-state index in [0.717, 1.165) is 101 Å². The van der Waals surface area contributed by atoms with Crippen LogP contribution in [0.2, 0.25) is 0 Å². The van der Waals surface area contributed by atoms with Gasteiger partial charge in [-0.3, -0.25) is 14.4 Å². The van der Waals surface area contributed by atoms with Gasteiger partial charge >= 0.3 is 17.9 Å². The molecule has 3 aliphatic carbocycles. The van der Waals surface area contributed by atoms with Crippen molar-refractivity contribution < 1.29 is 49.4 Å². The van der Waals surface area contributed by atoms with Crippen LogP contribution in [0.1, 0.15) is 251 Å². The molecule has 3 aromatic rings. The highest BCUT2D eigenvalue weighted by atomic mass is 35.5. The van der Waals surface area contributed by atoms with Gasteiger partial charge in [-0.15, -0.1) is 34.8 Å². The monoisotopic (exact) mass is 1260 g/mol. The quantitative estimate of drug-likeness (QED) is 0.0163. The molecular weight excluding hydrogens is 1160 g/mol. The Bertz CT molecular complexity index is 2430. The van der Waals surface area contributed by atoms with E-state index in [4.69, 9.17) is 39.9 Å². The molecule has 486 valence electrons. The summed E-state index contributed by atoms with van der Waals surface area (Å²) >= 11 is 19.7. The molecule has 0 aliphatic heterocycles. The van der Waals surface area contributed by atoms with Crippen LogP contribution in [0.3, 0.4) is 0 Å². The van der Waals surface area contributed by atoms with Crippen molar-refractivity contribution in [2.24, 2.45) is 17.8 Å². The number of benzene rings is 3. The Labute approximate surface area is 539 Å². The number of rotatable bonds is 36. The number of carboxylic acid groups (broad SMARTS) is 1. The van der Waals surface area contributed by atoms with Crippen LogP contribution in [0.15, 0.2) is 109 Å². The number of hydrogen-bond acceptors (Lipinski definition) is 9. The second-order valence-corrected chi connectivity index (χ2v) is 26.3. The van der Waals surface area contributed by atoms with Gasteiger partial charge in [0.1, 0.15) is 0 Å². The molecule has 13 atom stereocenters. The zero-order chi connectivity index (χ0) is 63.3. The topological polar surface area (TPSA) is 171 Å². The van der Waals surface area contributed by atoms with Gasteiger partial charge in [0, 0.05) is 53.1 Å². The summed E-state index contributed by atoms with van der Waals surface area (Å²) < 4.78 is 9.31. The van der Waals surface area contributed by atoms with Gasteiger partial charge in [-0.05, 0) is 160 Å². The van der Waals surface area contributed by atoms with Gasteiger partial charge in [-0.25, -0.2) is 0 Å². The Morgan fingerprint density at radius 2 is 0.805 bits per heavy atom. The van der Waals surface area contributed by atoms with E-state index < -0.39 is 24.3 Å². The van der Waals surface area contributed by atoms with Crippen molar-refractivity contribution >= 4 is 52.7 Å². The number of allylic oxidation sites excluding steroid dienone is 6. The first kappa shape index (κ1) is 75.5. The minimum atomic E-state index is -0.748. The fraction of sp³-hybridized carbons (Fsp3) is 0.635. The zero-order valence-electron chi connectivity index (χ0n) is 53.3. The molecule has 3 fully saturated rings. The summed E-state index contributed by atoms with van der Waals surface area (Å²) in [5.74, 6) is -0.318. The number of esters is 2. The molecule has 3 aromatic carbocycles. The minimum Gasteiger partial charge on any atom is -0.481 e. The third-order valence-electron chi connectivity index (χ3n) is 18.0. The van der Waals surface area contributed by atoms with E-state index in [1.54, 1.807) is 0 Å². The first-order chi connectivity index (χ1) is 42.1. The van der Waals surface area contributed by atoms with Gasteiger partial charge in [0.15, 0.2) is 0 Å². The largest absolute Gasteiger partial charge is 0.481 e. The average molecular weight is 1270 g/mol. The predicted molar refractivity (Wildman–Crippen MR) is 358 cm³/mol. The number of aliphatic hydroxyl groups excluding tert-OH is 4. The van der Waals surface area contributed by atoms with E-state index in [1.165, 1.54) is 87.8 Å². The zero-order valence-corrected chi connectivity index (χ0v) is 55.6. The van der Waals surface area contributed by atoms with Crippen LogP contribution >= 0.6 is 34.8 Å². The van der Waals surface area contributed by atoms with Crippen LogP contribution in [0, 0.1) is 17.8 Å². The van der Waals surface area contributed by atoms with E-state index in [0.29, 0.717) is 38.5 Å². The van der Waals surface area contributed by atoms with Gasteiger partial charge < -0.3 is 35.0 Å². The van der Waals surface area contributed by atoms with Crippen LogP contribution in [0.4, 0.5) is 0 Å². The lowest BCUT2D eigenvalue weighted by Crippen LogP contribution is -2.18. The maximum absolute atomic E-state index is 11.2. The summed E-state index contributed by atoms with van der Waals surface area (Å²) in [7, 11) is 2.83. The predicted octanol–water partition coefficient (Wildman–Crippen LogP) is 17.9. The molecule has 0 heterocycles. The van der Waals surface area contributed by atoms with Crippen molar-refractivity contribution in [2.45, 2.75) is 265 Å². The van der Waals surface area contributed by atoms with Crippen molar-refractivity contribution in [1.82, 2.24) is 0 Å². The van der Waals surface area contributed by atoms with Gasteiger partial charge in [0.05, 0.1) is 38.6 Å². The number of unbranched alkanes of at least 4 members (excludes halogenated alkanes) is 11. The first-order valence-electron chi connectivity index (χ1n) is 33.3. The van der Waals surface area contributed by atoms with Crippen molar-refractivity contribution in [2.75, 3.05) is 14.2 Å². The number of carboxylic acids is 1. The van der Waals surface area contributed by atoms with E-state index in [9.17, 15) is 34.8 Å². The van der Waals surface area contributed by atoms with E-state index in [2.05, 4.69) is 109 Å². The number of hydrogen-bond donors (Lipinski definition) is 5. The van der Waals surface area contributed by atoms with Gasteiger partial charge in [-0.1, -0.05) is 188 Å². The Kier molecular flexibility index (Phi) is 37.9. The highest BCUT2D eigenvalue weighted by Gasteiger charge is 2.44. The number of aryl methyl sites for hydroxylation is 2. The summed E-state index contributed by atoms with van der Waals surface area (Å²) in [6.45, 7) is 6.62. The lowest BCUT2D eigenvalue weighted by molar-refractivity contribution is -0.141. The minimum absolute atomic E-state index is 0.00139. The fourth-order valence-electron chi connectivity index (χ4n) is 12.9. The Morgan fingerprint density at radius 1 is 0.471 bits per heavy atom. The highest BCUT2D eigenvalue weighted by molar-refractivity contribution is 6.21. The normalized spacial score (nSPS) is 24.7. The van der Waals surface area contributed by atoms with Crippen LogP contribution in [0.5, 0.6) is 0 Å². The third-order valence-corrected chi connectivity index (χ3v) is 19.5. The van der Waals surface area contributed by atoms with Gasteiger partial charge in [0.25, 0.3) is 0 Å². The average Bonchev–Trinajstić information content (AvgIpc) is 2.53. The fourth-order valence-corrected chi connectivity index (χ4v) is 14.2. The molecule has 0 aromatic heterocycles. The molecule has 13 heteroatoms. The number of carbonyl (C=O) groups excluding carboxylic acids is 2. The van der Waals surface area contributed by atoms with Crippen LogP contribution in [-0.2, 0) is 36.7 Å². The Hall–Kier alpha value is -4.00. The number of carbonyl (C=O) groups is 3. The summed E-state index contributed by atoms with van der Waals surface area (Å²) in [4.78, 5) is 32.9. The Morgan fingerprint density at radius 3 is 1.14 bits per heavy atom. The summed E-state index contributed by atoms with van der Waals surface area (Å²) in [5.41, 5.74) is 7.14. The molecule has 3 saturated carbocycles. The molecule has 5 N–H and O–H groups in total. The van der Waals surface area contributed by atoms with E-state index >= 15 is 0 Å². The molecule has 3 aliphatic rings. The molecule has 0 bridgehead atoms. The van der Waals surface area contributed by atoms with Crippen molar-refractivity contribution in [3.63, 3.8) is 0 Å². The molecule has 3 unspecified atom stereocenters. The van der Waals surface area contributed by atoms with Crippen LogP contribution < -0.4 is 0 Å². The molecular formula is C74H109Cl3O10. The number of aliphatic carboxylic acids is 1. The second-order valence-electron chi connectivity index (χ2n) is 24.7. The van der Waals surface area contributed by atoms with Crippen molar-refractivity contribution in [3.05, 3.63) is 143 Å². The first-order valence-corrected chi connectivity index (χ1v) is 34.6. The van der Waals surface area contributed by atoms with Crippen molar-refractivity contribution in [1.29, 1.82) is 0 Å². The number of methoxy groups -OCH3 is 2. The highest BCUT2D eigenvalue weighted by Crippen LogP contribution is 2.47. The smallest absolute Gasteiger partial charge is 0.305 e. The molecule has 0 amide bonds. The maximum Gasteiger partial charge on any atom is 0.305 e. The van der Waals surface area contributed by atoms with Crippen molar-refractivity contribution in [3.8, 4) is 0 Å². The molecule has 0 saturated heterocycles. The summed E-state index contributed by atoms with van der Waals surface area (Å²) in [6, 6.07) is 25.6. The van der Waals surface area contributed by atoms with Gasteiger partial charge in [0.2, 0.25) is 0 Å². The van der Waals surface area contributed by atoms with Crippen LogP contribution in [-0.4, -0.2) is 92.1 Å². The molecule has 0 spiro atoms. The van der Waals surface area contributed by atoms with E-state index in [1.807, 2.05) is 30.3 Å². The standard InChI is InChI=1S/C25H37ClO4.C25H37ClO3.C24H35ClO3/c1-3-4-7-11-22(27)18-13-15-19(16-14-18)25-20(21(26)17-23(25)28)10-8-5-6-9-12-24(29)30-2;1-3-4-5-8-11-19-14-16-20(17-15-19)25-21(22(26)18-23(25)27)12-9-6-7-10-13-24(28)29-2;1-2-3-4-7-10-18-13-15-19(16-14-18)24-20(21(25)17-22(24)26)11-8-5-6-9-12-23(27)28/h5,8,13-16,20-23,25,27-28H,3-4,6-7,9-12,17H2,1-2H3;6,9,14-17,21-23,25,27H,3-5,7-8,10-13,18H2,1-2H3;5,8,13-16,20-22,24,26H,2-4,6-7,9-12,17H2,1H3,(H,27,28)/b8-5-;9-6-;8-5-/t20-,21+,22?,23+,25+;21?,22-,23-,25-;20?,21-,22-,24-/m011/s1. The number of aliphatic hydroxyl groups is 4. The summed E-state index contributed by atoms with van der Waals surface area (Å²) in [6.07, 6.45) is 37.6. The van der Waals surface area contributed by atoms with Gasteiger partial charge in [-0.2, -0.15) is 0 Å². The summed E-state index contributed by atoms with van der Waals surface area (Å²) in [5, 5.41) is 50.8. The molecule has 10 nitrogen and oxygen atoms in total. The number of halogens is 3. The lowest BCUT2D eigenvalue weighted by Gasteiger charge is -2.23. The third kappa shape index (κ3) is 27.6. The SMILES string of the molecule is CCCCCC(O)c1ccc([C@@H]2[C@@H](C/C=C\CCCC(=O)OC)[C@H](Cl)C[C@H]2O)cc1.CCCCCCc1ccc([C@@H]2C(C/C=C\CCCC(=O)O)[C@H](Cl)C[C@H]2O)cc1.CCCCCCc1ccc([C@@H]2C(C/C=C\CCCC(=O)OC)[C@H](Cl)C[C@H]2O)cc1. The molecule has 87 heavy (non-hydrogen) atoms. The second kappa shape index (κ2) is 43.7.